The van der Waals surface area contributed by atoms with E-state index in [2.05, 4.69) is 24.0 Å². The van der Waals surface area contributed by atoms with Crippen molar-refractivity contribution in [1.29, 1.82) is 0 Å². The van der Waals surface area contributed by atoms with Crippen LogP contribution in [0.15, 0.2) is 28.4 Å². The minimum atomic E-state index is 0.0382. The van der Waals surface area contributed by atoms with E-state index >= 15 is 0 Å². The third-order valence-corrected chi connectivity index (χ3v) is 2.47. The molecule has 4 nitrogen and oxygen atoms in total. The zero-order valence-electron chi connectivity index (χ0n) is 8.14. The molecule has 0 amide bonds. The van der Waals surface area contributed by atoms with Crippen LogP contribution in [-0.2, 0) is 0 Å². The van der Waals surface area contributed by atoms with Crippen LogP contribution in [0.25, 0.3) is 0 Å². The van der Waals surface area contributed by atoms with Crippen molar-refractivity contribution in [3.63, 3.8) is 0 Å². The average molecular weight is 211 g/mol. The lowest BCUT2D eigenvalue weighted by Crippen LogP contribution is -2.14. The number of nitrogens with zero attached hydrogens (tertiary/aromatic N) is 2. The summed E-state index contributed by atoms with van der Waals surface area (Å²) in [7, 11) is 0. The first kappa shape index (κ1) is 10.8. The van der Waals surface area contributed by atoms with Gasteiger partial charge in [-0.2, -0.15) is 0 Å². The van der Waals surface area contributed by atoms with Crippen LogP contribution in [0.1, 0.15) is 19.5 Å². The highest BCUT2D eigenvalue weighted by Gasteiger charge is 2.03. The molecule has 0 spiro atoms. The summed E-state index contributed by atoms with van der Waals surface area (Å²) in [5, 5.41) is 11.9. The van der Waals surface area contributed by atoms with Crippen molar-refractivity contribution in [2.45, 2.75) is 24.0 Å². The van der Waals surface area contributed by atoms with Crippen molar-refractivity contribution in [1.82, 2.24) is 4.98 Å². The molecule has 0 aliphatic heterocycles. The second kappa shape index (κ2) is 4.85. The Morgan fingerprint density at radius 2 is 2.36 bits per heavy atom. The molecule has 0 aliphatic carbocycles. The molecular formula is C9H13N3OS. The van der Waals surface area contributed by atoms with E-state index in [9.17, 15) is 0 Å². The lowest BCUT2D eigenvalue weighted by Gasteiger charge is -2.05. The molecule has 1 heterocycles. The zero-order chi connectivity index (χ0) is 10.6. The average Bonchev–Trinajstić information content (AvgIpc) is 2.16. The maximum atomic E-state index is 8.48. The Hall–Kier alpha value is -1.23. The van der Waals surface area contributed by atoms with E-state index in [-0.39, 0.29) is 5.84 Å². The van der Waals surface area contributed by atoms with Gasteiger partial charge in [0.1, 0.15) is 5.69 Å². The first-order valence-electron chi connectivity index (χ1n) is 4.24. The van der Waals surface area contributed by atoms with Gasteiger partial charge in [0.25, 0.3) is 0 Å². The first-order chi connectivity index (χ1) is 6.63. The van der Waals surface area contributed by atoms with Crippen LogP contribution in [0.2, 0.25) is 0 Å². The number of aromatic nitrogens is 1. The van der Waals surface area contributed by atoms with Gasteiger partial charge in [-0.05, 0) is 12.1 Å². The molecule has 76 valence electrons. The van der Waals surface area contributed by atoms with Gasteiger partial charge in [0.05, 0.1) is 0 Å². The molecular weight excluding hydrogens is 198 g/mol. The number of hydrogen-bond acceptors (Lipinski definition) is 4. The summed E-state index contributed by atoms with van der Waals surface area (Å²) in [4.78, 5) is 5.05. The summed E-state index contributed by atoms with van der Waals surface area (Å²) in [5.74, 6) is 0.0382. The number of hydrogen-bond donors (Lipinski definition) is 2. The Bertz CT molecular complexity index is 339. The van der Waals surface area contributed by atoms with Gasteiger partial charge in [-0.1, -0.05) is 19.0 Å². The summed E-state index contributed by atoms with van der Waals surface area (Å²) in [6.07, 6.45) is 1.65. The van der Waals surface area contributed by atoms with Crippen molar-refractivity contribution in [2.24, 2.45) is 10.9 Å². The normalized spacial score (nSPS) is 12.1. The molecule has 0 fully saturated rings. The van der Waals surface area contributed by atoms with Gasteiger partial charge in [-0.25, -0.2) is 0 Å². The predicted molar refractivity (Wildman–Crippen MR) is 57.7 cm³/mol. The van der Waals surface area contributed by atoms with E-state index in [1.165, 1.54) is 0 Å². The highest BCUT2D eigenvalue weighted by Crippen LogP contribution is 2.22. The van der Waals surface area contributed by atoms with Gasteiger partial charge in [-0.3, -0.25) is 4.98 Å². The second-order valence-electron chi connectivity index (χ2n) is 3.03. The Balaban J connectivity index is 2.90. The minimum absolute atomic E-state index is 0.0382. The van der Waals surface area contributed by atoms with Crippen molar-refractivity contribution in [3.05, 3.63) is 24.0 Å². The molecule has 0 saturated heterocycles. The molecule has 14 heavy (non-hydrogen) atoms. The largest absolute Gasteiger partial charge is 0.409 e. The van der Waals surface area contributed by atoms with Gasteiger partial charge in [0, 0.05) is 16.3 Å². The number of thioether (sulfide) groups is 1. The SMILES string of the molecule is CC(C)Sc1ccnc(C(N)=NO)c1. The minimum Gasteiger partial charge on any atom is -0.409 e. The highest BCUT2D eigenvalue weighted by atomic mass is 32.2. The van der Waals surface area contributed by atoms with E-state index < -0.39 is 0 Å². The molecule has 0 radical (unpaired) electrons. The molecule has 3 N–H and O–H groups in total. The third-order valence-electron chi connectivity index (χ3n) is 1.47. The maximum absolute atomic E-state index is 8.48. The first-order valence-corrected chi connectivity index (χ1v) is 5.12. The molecule has 1 aromatic rings. The molecule has 5 heteroatoms. The van der Waals surface area contributed by atoms with E-state index in [0.29, 0.717) is 10.9 Å². The summed E-state index contributed by atoms with van der Waals surface area (Å²) in [6, 6.07) is 3.71. The molecule has 1 aromatic heterocycles. The van der Waals surface area contributed by atoms with Crippen molar-refractivity contribution < 1.29 is 5.21 Å². The lowest BCUT2D eigenvalue weighted by atomic mass is 10.3. The number of nitrogens with two attached hydrogens (primary N) is 1. The van der Waals surface area contributed by atoms with E-state index in [0.717, 1.165) is 4.90 Å². The van der Waals surface area contributed by atoms with Crippen LogP contribution < -0.4 is 5.73 Å². The maximum Gasteiger partial charge on any atom is 0.188 e. The highest BCUT2D eigenvalue weighted by molar-refractivity contribution is 7.99. The fraction of sp³-hybridized carbons (Fsp3) is 0.333. The van der Waals surface area contributed by atoms with Crippen molar-refractivity contribution in [3.8, 4) is 0 Å². The van der Waals surface area contributed by atoms with Gasteiger partial charge < -0.3 is 10.9 Å². The monoisotopic (exact) mass is 211 g/mol. The van der Waals surface area contributed by atoms with Crippen molar-refractivity contribution >= 4 is 17.6 Å². The topological polar surface area (TPSA) is 71.5 Å². The Morgan fingerprint density at radius 3 is 2.93 bits per heavy atom. The quantitative estimate of drug-likeness (QED) is 0.262. The molecule has 0 aromatic carbocycles. The fourth-order valence-corrected chi connectivity index (χ4v) is 1.81. The summed E-state index contributed by atoms with van der Waals surface area (Å²) in [6.45, 7) is 4.21. The molecule has 0 atom stereocenters. The summed E-state index contributed by atoms with van der Waals surface area (Å²) in [5.41, 5.74) is 5.92. The molecule has 0 bridgehead atoms. The Kier molecular flexibility index (Phi) is 3.76. The predicted octanol–water partition coefficient (Wildman–Crippen LogP) is 1.68. The van der Waals surface area contributed by atoms with Crippen LogP contribution in [0, 0.1) is 0 Å². The second-order valence-corrected chi connectivity index (χ2v) is 4.68. The van der Waals surface area contributed by atoms with Gasteiger partial charge in [-0.15, -0.1) is 11.8 Å². The Labute approximate surface area is 87.2 Å². The van der Waals surface area contributed by atoms with Crippen LogP contribution >= 0.6 is 11.8 Å². The number of amidine groups is 1. The third kappa shape index (κ3) is 2.92. The summed E-state index contributed by atoms with van der Waals surface area (Å²) >= 11 is 1.71. The van der Waals surface area contributed by atoms with Crippen LogP contribution in [-0.4, -0.2) is 21.3 Å². The van der Waals surface area contributed by atoms with Crippen molar-refractivity contribution in [2.75, 3.05) is 0 Å². The molecule has 1 rings (SSSR count). The fourth-order valence-electron chi connectivity index (χ4n) is 0.948. The van der Waals surface area contributed by atoms with Gasteiger partial charge in [0.2, 0.25) is 0 Å². The molecule has 0 unspecified atom stereocenters. The standard InChI is InChI=1S/C9H13N3OS/c1-6(2)14-7-3-4-11-8(5-7)9(10)12-13/h3-6,13H,1-2H3,(H2,10,12). The number of oxime groups is 1. The van der Waals surface area contributed by atoms with E-state index in [1.807, 2.05) is 6.07 Å². The number of rotatable bonds is 3. The van der Waals surface area contributed by atoms with Crippen LogP contribution in [0.3, 0.4) is 0 Å². The van der Waals surface area contributed by atoms with Crippen LogP contribution in [0.5, 0.6) is 0 Å². The smallest absolute Gasteiger partial charge is 0.188 e. The molecule has 0 aliphatic rings. The summed E-state index contributed by atoms with van der Waals surface area (Å²) < 4.78 is 0. The Morgan fingerprint density at radius 1 is 1.64 bits per heavy atom. The van der Waals surface area contributed by atoms with E-state index in [1.54, 1.807) is 24.0 Å². The van der Waals surface area contributed by atoms with Gasteiger partial charge in [0.15, 0.2) is 5.84 Å². The number of pyridine rings is 1. The zero-order valence-corrected chi connectivity index (χ0v) is 8.95. The van der Waals surface area contributed by atoms with E-state index in [4.69, 9.17) is 10.9 Å². The lowest BCUT2D eigenvalue weighted by molar-refractivity contribution is 0.318. The molecule has 0 saturated carbocycles. The van der Waals surface area contributed by atoms with Crippen LogP contribution in [0.4, 0.5) is 0 Å². The van der Waals surface area contributed by atoms with Gasteiger partial charge >= 0.3 is 0 Å².